The van der Waals surface area contributed by atoms with Crippen LogP contribution in [0.4, 0.5) is 11.6 Å². The summed E-state index contributed by atoms with van der Waals surface area (Å²) in [4.78, 5) is 8.85. The maximum atomic E-state index is 4.48. The van der Waals surface area contributed by atoms with Crippen LogP contribution in [0.1, 0.15) is 24.1 Å². The first-order valence-corrected chi connectivity index (χ1v) is 7.78. The van der Waals surface area contributed by atoms with Crippen LogP contribution in [0.5, 0.6) is 0 Å². The molecule has 0 spiro atoms. The number of rotatable bonds is 5. The van der Waals surface area contributed by atoms with Crippen LogP contribution in [0, 0.1) is 6.92 Å². The van der Waals surface area contributed by atoms with E-state index in [1.54, 1.807) is 0 Å². The molecule has 2 aromatic rings. The van der Waals surface area contributed by atoms with Crippen LogP contribution in [-0.2, 0) is 0 Å². The van der Waals surface area contributed by atoms with Crippen molar-refractivity contribution in [2.45, 2.75) is 25.0 Å². The molecule has 0 saturated heterocycles. The van der Waals surface area contributed by atoms with Gasteiger partial charge in [-0.3, -0.25) is 0 Å². The van der Waals surface area contributed by atoms with Crippen molar-refractivity contribution in [1.82, 2.24) is 9.97 Å². The van der Waals surface area contributed by atoms with E-state index >= 15 is 0 Å². The maximum absolute atomic E-state index is 4.48. The average molecular weight is 288 g/mol. The quantitative estimate of drug-likeness (QED) is 0.648. The second-order valence-electron chi connectivity index (χ2n) is 4.65. The Morgan fingerprint density at radius 3 is 2.35 bits per heavy atom. The molecule has 0 aliphatic heterocycles. The Labute approximate surface area is 124 Å². The molecule has 1 aromatic heterocycles. The summed E-state index contributed by atoms with van der Waals surface area (Å²) in [5.74, 6) is 1.66. The molecule has 1 heterocycles. The van der Waals surface area contributed by atoms with Crippen molar-refractivity contribution in [3.05, 3.63) is 41.5 Å². The molecule has 1 atom stereocenters. The second kappa shape index (κ2) is 6.61. The lowest BCUT2D eigenvalue weighted by Gasteiger charge is -2.16. The van der Waals surface area contributed by atoms with Crippen molar-refractivity contribution in [1.29, 1.82) is 0 Å². The van der Waals surface area contributed by atoms with Gasteiger partial charge in [0.05, 0.1) is 0 Å². The number of nitrogens with one attached hydrogen (secondary N) is 2. The normalized spacial score (nSPS) is 12.0. The standard InChI is InChI=1S/C15H20N4S/c1-10-5-7-12(8-6-10)11(2)17-14-9-13(16-3)18-15(19-14)20-4/h5-9,11H,1-4H3,(H2,16,17,18,19). The van der Waals surface area contributed by atoms with Crippen LogP contribution in [0.25, 0.3) is 0 Å². The molecule has 0 fully saturated rings. The van der Waals surface area contributed by atoms with Crippen LogP contribution < -0.4 is 10.6 Å². The van der Waals surface area contributed by atoms with Gasteiger partial charge in [-0.15, -0.1) is 0 Å². The van der Waals surface area contributed by atoms with E-state index in [0.717, 1.165) is 16.8 Å². The molecule has 2 N–H and O–H groups in total. The predicted octanol–water partition coefficient (Wildman–Crippen LogP) is 3.72. The van der Waals surface area contributed by atoms with Gasteiger partial charge in [0.1, 0.15) is 11.6 Å². The molecular formula is C15H20N4S. The third kappa shape index (κ3) is 3.63. The number of hydrogen-bond donors (Lipinski definition) is 2. The van der Waals surface area contributed by atoms with Gasteiger partial charge in [0.25, 0.3) is 0 Å². The smallest absolute Gasteiger partial charge is 0.191 e. The minimum absolute atomic E-state index is 0.199. The Hall–Kier alpha value is -1.75. The fourth-order valence-electron chi connectivity index (χ4n) is 1.88. The van der Waals surface area contributed by atoms with Gasteiger partial charge in [0.2, 0.25) is 0 Å². The SMILES string of the molecule is CNc1cc(NC(C)c2ccc(C)cc2)nc(SC)n1. The molecular weight excluding hydrogens is 268 g/mol. The van der Waals surface area contributed by atoms with Crippen LogP contribution in [-0.4, -0.2) is 23.3 Å². The van der Waals surface area contributed by atoms with Crippen molar-refractivity contribution in [3.63, 3.8) is 0 Å². The third-order valence-electron chi connectivity index (χ3n) is 3.09. The Bertz CT molecular complexity index is 546. The molecule has 0 saturated carbocycles. The number of anilines is 2. The number of thioether (sulfide) groups is 1. The summed E-state index contributed by atoms with van der Waals surface area (Å²) in [6.45, 7) is 4.22. The van der Waals surface area contributed by atoms with Gasteiger partial charge >= 0.3 is 0 Å². The maximum Gasteiger partial charge on any atom is 0.191 e. The van der Waals surface area contributed by atoms with Gasteiger partial charge in [-0.25, -0.2) is 9.97 Å². The van der Waals surface area contributed by atoms with Gasteiger partial charge < -0.3 is 10.6 Å². The summed E-state index contributed by atoms with van der Waals surface area (Å²) < 4.78 is 0. The molecule has 1 unspecified atom stereocenters. The van der Waals surface area contributed by atoms with E-state index in [9.17, 15) is 0 Å². The highest BCUT2D eigenvalue weighted by atomic mass is 32.2. The summed E-state index contributed by atoms with van der Waals surface area (Å²) in [5.41, 5.74) is 2.51. The number of aryl methyl sites for hydroxylation is 1. The molecule has 0 amide bonds. The first-order valence-electron chi connectivity index (χ1n) is 6.56. The molecule has 0 radical (unpaired) electrons. The topological polar surface area (TPSA) is 49.8 Å². The first kappa shape index (κ1) is 14.7. The predicted molar refractivity (Wildman–Crippen MR) is 86.6 cm³/mol. The fourth-order valence-corrected chi connectivity index (χ4v) is 2.26. The Balaban J connectivity index is 2.18. The van der Waals surface area contributed by atoms with Gasteiger partial charge in [-0.1, -0.05) is 41.6 Å². The summed E-state index contributed by atoms with van der Waals surface area (Å²) in [6.07, 6.45) is 1.97. The highest BCUT2D eigenvalue weighted by Gasteiger charge is 2.08. The number of nitrogens with zero attached hydrogens (tertiary/aromatic N) is 2. The van der Waals surface area contributed by atoms with Crippen molar-refractivity contribution in [3.8, 4) is 0 Å². The summed E-state index contributed by atoms with van der Waals surface area (Å²) >= 11 is 1.54. The zero-order chi connectivity index (χ0) is 14.5. The molecule has 106 valence electrons. The van der Waals surface area contributed by atoms with Gasteiger partial charge in [-0.2, -0.15) is 0 Å². The molecule has 0 aliphatic carbocycles. The second-order valence-corrected chi connectivity index (χ2v) is 5.43. The largest absolute Gasteiger partial charge is 0.373 e. The highest BCUT2D eigenvalue weighted by molar-refractivity contribution is 7.98. The van der Waals surface area contributed by atoms with Crippen molar-refractivity contribution in [2.75, 3.05) is 23.9 Å². The first-order chi connectivity index (χ1) is 9.62. The van der Waals surface area contributed by atoms with Crippen molar-refractivity contribution >= 4 is 23.4 Å². The zero-order valence-corrected chi connectivity index (χ0v) is 13.1. The average Bonchev–Trinajstić information content (AvgIpc) is 2.47. The summed E-state index contributed by atoms with van der Waals surface area (Å²) in [6, 6.07) is 10.7. The Morgan fingerprint density at radius 2 is 1.75 bits per heavy atom. The monoisotopic (exact) mass is 288 g/mol. The fraction of sp³-hybridized carbons (Fsp3) is 0.333. The summed E-state index contributed by atoms with van der Waals surface area (Å²) in [7, 11) is 1.86. The van der Waals surface area contributed by atoms with Gasteiger partial charge in [0, 0.05) is 19.2 Å². The molecule has 0 bridgehead atoms. The van der Waals surface area contributed by atoms with Crippen LogP contribution in [0.3, 0.4) is 0 Å². The minimum atomic E-state index is 0.199. The molecule has 2 rings (SSSR count). The lowest BCUT2D eigenvalue weighted by molar-refractivity contribution is 0.856. The number of benzene rings is 1. The Morgan fingerprint density at radius 1 is 1.10 bits per heavy atom. The van der Waals surface area contributed by atoms with E-state index < -0.39 is 0 Å². The molecule has 5 heteroatoms. The van der Waals surface area contributed by atoms with Crippen LogP contribution >= 0.6 is 11.8 Å². The van der Waals surface area contributed by atoms with E-state index in [2.05, 4.69) is 58.7 Å². The molecule has 1 aromatic carbocycles. The van der Waals surface area contributed by atoms with Crippen LogP contribution in [0.2, 0.25) is 0 Å². The molecule has 4 nitrogen and oxygen atoms in total. The number of hydrogen-bond acceptors (Lipinski definition) is 5. The minimum Gasteiger partial charge on any atom is -0.373 e. The Kier molecular flexibility index (Phi) is 4.84. The lowest BCUT2D eigenvalue weighted by atomic mass is 10.1. The molecule has 20 heavy (non-hydrogen) atoms. The van der Waals surface area contributed by atoms with Crippen LogP contribution in [0.15, 0.2) is 35.5 Å². The highest BCUT2D eigenvalue weighted by Crippen LogP contribution is 2.22. The van der Waals surface area contributed by atoms with Crippen molar-refractivity contribution < 1.29 is 0 Å². The van der Waals surface area contributed by atoms with E-state index in [1.807, 2.05) is 19.4 Å². The third-order valence-corrected chi connectivity index (χ3v) is 3.63. The van der Waals surface area contributed by atoms with Crippen molar-refractivity contribution in [2.24, 2.45) is 0 Å². The van der Waals surface area contributed by atoms with E-state index in [1.165, 1.54) is 22.9 Å². The summed E-state index contributed by atoms with van der Waals surface area (Å²) in [5, 5.41) is 7.24. The van der Waals surface area contributed by atoms with Gasteiger partial charge in [0.15, 0.2) is 5.16 Å². The zero-order valence-electron chi connectivity index (χ0n) is 12.3. The van der Waals surface area contributed by atoms with Gasteiger partial charge in [-0.05, 0) is 25.7 Å². The lowest BCUT2D eigenvalue weighted by Crippen LogP contribution is -2.09. The van der Waals surface area contributed by atoms with E-state index in [-0.39, 0.29) is 6.04 Å². The van der Waals surface area contributed by atoms with E-state index in [4.69, 9.17) is 0 Å². The van der Waals surface area contributed by atoms with E-state index in [0.29, 0.717) is 0 Å². The number of aromatic nitrogens is 2. The molecule has 0 aliphatic rings.